The fraction of sp³-hybridized carbons (Fsp3) is 0.190. The zero-order chi connectivity index (χ0) is 22.3. The first-order valence-electron chi connectivity index (χ1n) is 9.33. The van der Waals surface area contributed by atoms with Crippen molar-refractivity contribution in [2.45, 2.75) is 11.9 Å². The quantitative estimate of drug-likeness (QED) is 0.281. The van der Waals surface area contributed by atoms with Crippen LogP contribution in [0.4, 0.5) is 5.82 Å². The van der Waals surface area contributed by atoms with Gasteiger partial charge in [0, 0.05) is 24.4 Å². The van der Waals surface area contributed by atoms with Gasteiger partial charge >= 0.3 is 5.69 Å². The molecule has 0 fully saturated rings. The van der Waals surface area contributed by atoms with Crippen molar-refractivity contribution < 1.29 is 4.79 Å². The highest BCUT2D eigenvalue weighted by molar-refractivity contribution is 8.00. The average molecular weight is 454 g/mol. The van der Waals surface area contributed by atoms with E-state index in [1.807, 2.05) is 36.4 Å². The maximum atomic E-state index is 12.9. The first-order valence-corrected chi connectivity index (χ1v) is 11.1. The minimum atomic E-state index is -0.697. The number of aromatic nitrogens is 4. The topological polar surface area (TPSA) is 113 Å². The lowest BCUT2D eigenvalue weighted by Crippen LogP contribution is -2.41. The molecule has 0 saturated heterocycles. The van der Waals surface area contributed by atoms with Gasteiger partial charge in [-0.3, -0.25) is 18.7 Å². The number of carbonyl (C=O) groups excluding carboxylic acids is 1. The van der Waals surface area contributed by atoms with Crippen LogP contribution < -0.4 is 17.0 Å². The van der Waals surface area contributed by atoms with E-state index in [9.17, 15) is 14.4 Å². The number of hydrogen-bond acceptors (Lipinski definition) is 8. The molecule has 4 rings (SSSR count). The van der Waals surface area contributed by atoms with Crippen molar-refractivity contribution in [2.75, 3.05) is 11.5 Å². The number of rotatable bonds is 5. The number of fused-ring (bicyclic) bond motifs is 1. The summed E-state index contributed by atoms with van der Waals surface area (Å²) in [6.07, 6.45) is 0. The Morgan fingerprint density at radius 3 is 2.55 bits per heavy atom. The summed E-state index contributed by atoms with van der Waals surface area (Å²) in [5, 5.41) is 1.52. The number of aryl methyl sites for hydroxylation is 1. The number of benzene rings is 1. The summed E-state index contributed by atoms with van der Waals surface area (Å²) in [5.74, 6) is -0.0348. The summed E-state index contributed by atoms with van der Waals surface area (Å²) in [4.78, 5) is 48.2. The molecule has 1 aromatic carbocycles. The van der Waals surface area contributed by atoms with Crippen LogP contribution in [-0.4, -0.2) is 30.6 Å². The summed E-state index contributed by atoms with van der Waals surface area (Å²) >= 11 is 2.78. The van der Waals surface area contributed by atoms with Gasteiger partial charge in [-0.05, 0) is 18.6 Å². The van der Waals surface area contributed by atoms with Crippen LogP contribution in [0.15, 0.2) is 51.0 Å². The Hall–Kier alpha value is -3.24. The number of hydrogen-bond donors (Lipinski definition) is 1. The van der Waals surface area contributed by atoms with Gasteiger partial charge in [-0.1, -0.05) is 42.1 Å². The highest BCUT2D eigenvalue weighted by Gasteiger charge is 2.21. The molecule has 0 radical (unpaired) electrons. The third kappa shape index (κ3) is 3.79. The van der Waals surface area contributed by atoms with Gasteiger partial charge in [-0.25, -0.2) is 14.8 Å². The molecule has 158 valence electrons. The molecule has 2 N–H and O–H groups in total. The van der Waals surface area contributed by atoms with E-state index in [4.69, 9.17) is 5.73 Å². The molecule has 0 aliphatic heterocycles. The summed E-state index contributed by atoms with van der Waals surface area (Å²) in [6, 6.07) is 12.0. The fourth-order valence-corrected chi connectivity index (χ4v) is 5.25. The smallest absolute Gasteiger partial charge is 0.332 e. The van der Waals surface area contributed by atoms with Crippen LogP contribution in [0.2, 0.25) is 0 Å². The largest absolute Gasteiger partial charge is 0.384 e. The number of ketones is 1. The lowest BCUT2D eigenvalue weighted by Gasteiger charge is -2.10. The molecule has 0 bridgehead atoms. The maximum Gasteiger partial charge on any atom is 0.332 e. The average Bonchev–Trinajstić information content (AvgIpc) is 3.19. The van der Waals surface area contributed by atoms with E-state index in [-0.39, 0.29) is 17.1 Å². The number of carbonyl (C=O) groups is 1. The molecule has 0 unspecified atom stereocenters. The number of nitrogen functional groups attached to an aromatic ring is 1. The van der Waals surface area contributed by atoms with Crippen LogP contribution in [0, 0.1) is 6.92 Å². The van der Waals surface area contributed by atoms with E-state index in [1.165, 1.54) is 25.9 Å². The first-order chi connectivity index (χ1) is 14.8. The van der Waals surface area contributed by atoms with E-state index >= 15 is 0 Å². The fourth-order valence-electron chi connectivity index (χ4n) is 3.18. The van der Waals surface area contributed by atoms with Gasteiger partial charge in [0.2, 0.25) is 0 Å². The van der Waals surface area contributed by atoms with E-state index in [0.717, 1.165) is 29.8 Å². The lowest BCUT2D eigenvalue weighted by atomic mass is 10.2. The monoisotopic (exact) mass is 453 g/mol. The summed E-state index contributed by atoms with van der Waals surface area (Å²) in [5.41, 5.74) is 5.52. The molecule has 4 aromatic rings. The van der Waals surface area contributed by atoms with Crippen molar-refractivity contribution >= 4 is 44.9 Å². The van der Waals surface area contributed by atoms with Crippen LogP contribution in [0.1, 0.15) is 16.2 Å². The second-order valence-electron chi connectivity index (χ2n) is 6.95. The van der Waals surface area contributed by atoms with Crippen molar-refractivity contribution in [1.29, 1.82) is 0 Å². The summed E-state index contributed by atoms with van der Waals surface area (Å²) in [7, 11) is 2.75. The second kappa shape index (κ2) is 8.12. The zero-order valence-electron chi connectivity index (χ0n) is 17.1. The molecule has 0 spiro atoms. The van der Waals surface area contributed by atoms with Crippen molar-refractivity contribution in [2.24, 2.45) is 14.1 Å². The van der Waals surface area contributed by atoms with Gasteiger partial charge in [0.05, 0.1) is 5.75 Å². The van der Waals surface area contributed by atoms with E-state index in [0.29, 0.717) is 10.9 Å². The molecule has 8 nitrogen and oxygen atoms in total. The predicted octanol–water partition coefficient (Wildman–Crippen LogP) is 2.62. The van der Waals surface area contributed by atoms with Crippen molar-refractivity contribution in [3.05, 3.63) is 68.6 Å². The molecular formula is C21H19N5O3S2. The minimum absolute atomic E-state index is 0.0420. The Labute approximate surface area is 185 Å². The van der Waals surface area contributed by atoms with E-state index in [1.54, 1.807) is 18.3 Å². The van der Waals surface area contributed by atoms with Crippen LogP contribution in [0.5, 0.6) is 0 Å². The number of thiophene rings is 1. The van der Waals surface area contributed by atoms with Crippen molar-refractivity contribution in [3.63, 3.8) is 0 Å². The number of nitrogens with zero attached hydrogens (tertiary/aromatic N) is 4. The highest BCUT2D eigenvalue weighted by atomic mass is 32.2. The molecule has 3 aromatic heterocycles. The zero-order valence-corrected chi connectivity index (χ0v) is 18.7. The van der Waals surface area contributed by atoms with Gasteiger partial charge in [0.25, 0.3) is 5.56 Å². The number of nitrogens with two attached hydrogens (primary N) is 1. The molecule has 0 amide bonds. The Balaban J connectivity index is 1.69. The minimum Gasteiger partial charge on any atom is -0.384 e. The van der Waals surface area contributed by atoms with Gasteiger partial charge in [-0.2, -0.15) is 0 Å². The number of thioether (sulfide) groups is 1. The van der Waals surface area contributed by atoms with Gasteiger partial charge in [0.15, 0.2) is 5.78 Å². The summed E-state index contributed by atoms with van der Waals surface area (Å²) < 4.78 is 1.98. The van der Waals surface area contributed by atoms with E-state index in [2.05, 4.69) is 9.97 Å². The van der Waals surface area contributed by atoms with Gasteiger partial charge in [0.1, 0.15) is 27.1 Å². The van der Waals surface area contributed by atoms with Crippen LogP contribution in [0.3, 0.4) is 0 Å². The number of anilines is 1. The standard InChI is InChI=1S/C21H19N5O3S2/c1-11-23-18(13-9-15(31-19(13)24-11)12-7-5-4-6-8-12)30-10-14(27)16-17(22)25(2)21(29)26(3)20(16)28/h4-9H,10,22H2,1-3H3. The SMILES string of the molecule is Cc1nc(SCC(=O)c2c(N)n(C)c(=O)n(C)c2=O)c2cc(-c3ccccc3)sc2n1. The predicted molar refractivity (Wildman–Crippen MR) is 124 cm³/mol. The maximum absolute atomic E-state index is 12.9. The van der Waals surface area contributed by atoms with Gasteiger partial charge in [-0.15, -0.1) is 11.3 Å². The molecule has 0 aliphatic carbocycles. The molecular weight excluding hydrogens is 434 g/mol. The van der Waals surface area contributed by atoms with E-state index < -0.39 is 17.0 Å². The van der Waals surface area contributed by atoms with Crippen LogP contribution in [-0.2, 0) is 14.1 Å². The van der Waals surface area contributed by atoms with Crippen molar-refractivity contribution in [3.8, 4) is 10.4 Å². The molecule has 0 saturated carbocycles. The molecule has 10 heteroatoms. The van der Waals surface area contributed by atoms with Crippen molar-refractivity contribution in [1.82, 2.24) is 19.1 Å². The summed E-state index contributed by atoms with van der Waals surface area (Å²) in [6.45, 7) is 1.80. The lowest BCUT2D eigenvalue weighted by molar-refractivity contribution is 0.102. The Kier molecular flexibility index (Phi) is 5.50. The second-order valence-corrected chi connectivity index (χ2v) is 8.94. The highest BCUT2D eigenvalue weighted by Crippen LogP contribution is 2.36. The number of Topliss-reactive ketones (excluding diaryl/α,β-unsaturated/α-hetero) is 1. The third-order valence-corrected chi connectivity index (χ3v) is 6.93. The van der Waals surface area contributed by atoms with Gasteiger partial charge < -0.3 is 5.73 Å². The normalized spacial score (nSPS) is 11.2. The molecule has 3 heterocycles. The Morgan fingerprint density at radius 1 is 1.13 bits per heavy atom. The molecule has 31 heavy (non-hydrogen) atoms. The Morgan fingerprint density at radius 2 is 1.84 bits per heavy atom. The Bertz CT molecular complexity index is 1440. The molecule has 0 atom stereocenters. The van der Waals surface area contributed by atoms with Crippen LogP contribution in [0.25, 0.3) is 20.7 Å². The third-order valence-electron chi connectivity index (χ3n) is 4.86. The van der Waals surface area contributed by atoms with Crippen LogP contribution >= 0.6 is 23.1 Å². The molecule has 0 aliphatic rings. The first kappa shape index (κ1) is 21.0.